The van der Waals surface area contributed by atoms with E-state index in [2.05, 4.69) is 16.8 Å². The van der Waals surface area contributed by atoms with Gasteiger partial charge in [0.1, 0.15) is 5.75 Å². The first-order valence-electron chi connectivity index (χ1n) is 7.21. The Kier molecular flexibility index (Phi) is 5.81. The maximum absolute atomic E-state index is 12.0. The predicted octanol–water partition coefficient (Wildman–Crippen LogP) is 3.44. The van der Waals surface area contributed by atoms with Gasteiger partial charge in [0.15, 0.2) is 0 Å². The van der Waals surface area contributed by atoms with Crippen LogP contribution in [0.4, 0.5) is 0 Å². The molecule has 1 N–H and O–H groups in total. The fourth-order valence-electron chi connectivity index (χ4n) is 2.16. The number of carbonyl (C=O) groups excluding carboxylic acids is 1. The lowest BCUT2D eigenvalue weighted by Crippen LogP contribution is -2.34. The summed E-state index contributed by atoms with van der Waals surface area (Å²) in [5.41, 5.74) is 0.999. The van der Waals surface area contributed by atoms with Gasteiger partial charge in [-0.05, 0) is 43.0 Å². The van der Waals surface area contributed by atoms with Crippen LogP contribution in [0, 0.1) is 0 Å². The smallest absolute Gasteiger partial charge is 0.224 e. The molecule has 0 aliphatic rings. The summed E-state index contributed by atoms with van der Waals surface area (Å²) < 4.78 is 5.39. The van der Waals surface area contributed by atoms with Gasteiger partial charge in [0, 0.05) is 17.3 Å². The molecule has 0 spiro atoms. The van der Waals surface area contributed by atoms with Crippen molar-refractivity contribution in [2.45, 2.75) is 32.7 Å². The van der Waals surface area contributed by atoms with Crippen LogP contribution in [0.15, 0.2) is 41.8 Å². The molecule has 0 radical (unpaired) electrons. The molecule has 2 rings (SSSR count). The zero-order valence-electron chi connectivity index (χ0n) is 12.5. The highest BCUT2D eigenvalue weighted by atomic mass is 32.1. The number of carbonyl (C=O) groups is 1. The Labute approximate surface area is 130 Å². The molecule has 0 saturated heterocycles. The van der Waals surface area contributed by atoms with E-state index in [9.17, 15) is 4.79 Å². The van der Waals surface area contributed by atoms with Crippen molar-refractivity contribution in [3.8, 4) is 5.75 Å². The number of hydrogen-bond donors (Lipinski definition) is 1. The van der Waals surface area contributed by atoms with Crippen LogP contribution in [0.3, 0.4) is 0 Å². The summed E-state index contributed by atoms with van der Waals surface area (Å²) in [5, 5.41) is 5.10. The van der Waals surface area contributed by atoms with Crippen molar-refractivity contribution < 1.29 is 9.53 Å². The number of thiophene rings is 1. The molecule has 2 aromatic rings. The quantitative estimate of drug-likeness (QED) is 0.851. The highest BCUT2D eigenvalue weighted by molar-refractivity contribution is 7.09. The van der Waals surface area contributed by atoms with E-state index in [1.165, 1.54) is 4.88 Å². The predicted molar refractivity (Wildman–Crippen MR) is 86.9 cm³/mol. The lowest BCUT2D eigenvalue weighted by Gasteiger charge is -2.13. The van der Waals surface area contributed by atoms with Gasteiger partial charge >= 0.3 is 0 Å². The number of hydrogen-bond acceptors (Lipinski definition) is 3. The van der Waals surface area contributed by atoms with Crippen LogP contribution in [0.2, 0.25) is 0 Å². The summed E-state index contributed by atoms with van der Waals surface area (Å²) in [6, 6.07) is 12.0. The van der Waals surface area contributed by atoms with Crippen molar-refractivity contribution in [2.75, 3.05) is 6.61 Å². The van der Waals surface area contributed by atoms with Gasteiger partial charge in [-0.1, -0.05) is 18.2 Å². The Morgan fingerprint density at radius 3 is 2.67 bits per heavy atom. The molecule has 4 heteroatoms. The van der Waals surface area contributed by atoms with Crippen LogP contribution in [0.1, 0.15) is 24.3 Å². The zero-order chi connectivity index (χ0) is 15.1. The maximum Gasteiger partial charge on any atom is 0.224 e. The van der Waals surface area contributed by atoms with Crippen molar-refractivity contribution in [1.29, 1.82) is 0 Å². The first kappa shape index (κ1) is 15.6. The summed E-state index contributed by atoms with van der Waals surface area (Å²) in [6.07, 6.45) is 1.29. The Balaban J connectivity index is 1.80. The van der Waals surface area contributed by atoms with Crippen molar-refractivity contribution in [3.63, 3.8) is 0 Å². The van der Waals surface area contributed by atoms with Crippen LogP contribution in [0.25, 0.3) is 0 Å². The van der Waals surface area contributed by atoms with E-state index in [1.54, 1.807) is 11.3 Å². The van der Waals surface area contributed by atoms with Gasteiger partial charge in [0.25, 0.3) is 0 Å². The fourth-order valence-corrected chi connectivity index (χ4v) is 3.00. The molecule has 0 bridgehead atoms. The second-order valence-electron chi connectivity index (χ2n) is 5.01. The molecule has 0 aliphatic carbocycles. The normalized spacial score (nSPS) is 11.9. The lowest BCUT2D eigenvalue weighted by atomic mass is 10.1. The largest absolute Gasteiger partial charge is 0.494 e. The van der Waals surface area contributed by atoms with Gasteiger partial charge in [-0.15, -0.1) is 11.3 Å². The van der Waals surface area contributed by atoms with Crippen LogP contribution in [0.5, 0.6) is 5.75 Å². The number of nitrogens with one attached hydrogen (secondary N) is 1. The molecule has 3 nitrogen and oxygen atoms in total. The van der Waals surface area contributed by atoms with Crippen molar-refractivity contribution in [2.24, 2.45) is 0 Å². The molecule has 1 unspecified atom stereocenters. The molecular weight excluding hydrogens is 282 g/mol. The topological polar surface area (TPSA) is 38.3 Å². The van der Waals surface area contributed by atoms with Crippen LogP contribution in [-0.4, -0.2) is 18.6 Å². The van der Waals surface area contributed by atoms with E-state index in [0.29, 0.717) is 13.0 Å². The average molecular weight is 303 g/mol. The molecular formula is C17H21NO2S. The van der Waals surface area contributed by atoms with E-state index in [1.807, 2.05) is 44.2 Å². The van der Waals surface area contributed by atoms with E-state index >= 15 is 0 Å². The molecule has 112 valence electrons. The SMILES string of the molecule is CCOc1ccc(CC(=O)NC(C)Cc2cccs2)cc1. The first-order valence-corrected chi connectivity index (χ1v) is 8.09. The molecule has 1 aromatic heterocycles. The summed E-state index contributed by atoms with van der Waals surface area (Å²) in [5.74, 6) is 0.899. The Morgan fingerprint density at radius 2 is 2.05 bits per heavy atom. The van der Waals surface area contributed by atoms with E-state index < -0.39 is 0 Å². The summed E-state index contributed by atoms with van der Waals surface area (Å²) in [6.45, 7) is 4.65. The Morgan fingerprint density at radius 1 is 1.29 bits per heavy atom. The minimum absolute atomic E-state index is 0.0585. The van der Waals surface area contributed by atoms with Gasteiger partial charge in [-0.3, -0.25) is 4.79 Å². The number of ether oxygens (including phenoxy) is 1. The van der Waals surface area contributed by atoms with E-state index in [0.717, 1.165) is 17.7 Å². The van der Waals surface area contributed by atoms with Gasteiger partial charge in [-0.2, -0.15) is 0 Å². The van der Waals surface area contributed by atoms with Crippen molar-refractivity contribution in [1.82, 2.24) is 5.32 Å². The molecule has 1 heterocycles. The minimum Gasteiger partial charge on any atom is -0.494 e. The molecule has 1 amide bonds. The van der Waals surface area contributed by atoms with Crippen molar-refractivity contribution in [3.05, 3.63) is 52.2 Å². The van der Waals surface area contributed by atoms with Gasteiger partial charge < -0.3 is 10.1 Å². The second-order valence-corrected chi connectivity index (χ2v) is 6.04. The Hall–Kier alpha value is -1.81. The molecule has 21 heavy (non-hydrogen) atoms. The minimum atomic E-state index is 0.0585. The summed E-state index contributed by atoms with van der Waals surface area (Å²) >= 11 is 1.72. The van der Waals surface area contributed by atoms with Gasteiger partial charge in [0.05, 0.1) is 13.0 Å². The molecule has 1 aromatic carbocycles. The van der Waals surface area contributed by atoms with E-state index in [4.69, 9.17) is 4.74 Å². The molecule has 0 saturated carbocycles. The van der Waals surface area contributed by atoms with Crippen LogP contribution < -0.4 is 10.1 Å². The molecule has 0 aliphatic heterocycles. The second kappa shape index (κ2) is 7.84. The standard InChI is InChI=1S/C17H21NO2S/c1-3-20-15-8-6-14(7-9-15)12-17(19)18-13(2)11-16-5-4-10-21-16/h4-10,13H,3,11-12H2,1-2H3,(H,18,19). The van der Waals surface area contributed by atoms with E-state index in [-0.39, 0.29) is 11.9 Å². The van der Waals surface area contributed by atoms with Gasteiger partial charge in [0.2, 0.25) is 5.91 Å². The van der Waals surface area contributed by atoms with Gasteiger partial charge in [-0.25, -0.2) is 0 Å². The maximum atomic E-state index is 12.0. The monoisotopic (exact) mass is 303 g/mol. The number of rotatable bonds is 7. The lowest BCUT2D eigenvalue weighted by molar-refractivity contribution is -0.121. The third kappa shape index (κ3) is 5.23. The van der Waals surface area contributed by atoms with Crippen molar-refractivity contribution >= 4 is 17.2 Å². The highest BCUT2D eigenvalue weighted by Crippen LogP contribution is 2.13. The third-order valence-electron chi connectivity index (χ3n) is 3.09. The van der Waals surface area contributed by atoms with Crippen LogP contribution >= 0.6 is 11.3 Å². The zero-order valence-corrected chi connectivity index (χ0v) is 13.3. The first-order chi connectivity index (χ1) is 10.2. The summed E-state index contributed by atoms with van der Waals surface area (Å²) in [4.78, 5) is 13.3. The van der Waals surface area contributed by atoms with Crippen LogP contribution in [-0.2, 0) is 17.6 Å². The molecule has 0 fully saturated rings. The highest BCUT2D eigenvalue weighted by Gasteiger charge is 2.09. The summed E-state index contributed by atoms with van der Waals surface area (Å²) in [7, 11) is 0. The molecule has 1 atom stereocenters. The number of amides is 1. The number of benzene rings is 1. The average Bonchev–Trinajstić information content (AvgIpc) is 2.93. The third-order valence-corrected chi connectivity index (χ3v) is 3.99. The fraction of sp³-hybridized carbons (Fsp3) is 0.353. The Bertz CT molecular complexity index is 549.